The molecule has 1 fully saturated rings. The Morgan fingerprint density at radius 3 is 2.00 bits per heavy atom. The van der Waals surface area contributed by atoms with Crippen molar-refractivity contribution in [1.29, 1.82) is 0 Å². The SMILES string of the molecule is O=C(C(=O)N1Cc2ccccc2C1)N1CCNCC1. The van der Waals surface area contributed by atoms with Crippen molar-refractivity contribution in [2.45, 2.75) is 13.1 Å². The minimum atomic E-state index is -0.377. The highest BCUT2D eigenvalue weighted by atomic mass is 16.2. The number of amides is 2. The molecule has 19 heavy (non-hydrogen) atoms. The summed E-state index contributed by atoms with van der Waals surface area (Å²) in [5, 5.41) is 3.17. The fourth-order valence-corrected chi connectivity index (χ4v) is 2.62. The molecule has 5 nitrogen and oxygen atoms in total. The predicted octanol–water partition coefficient (Wildman–Crippen LogP) is -0.0394. The molecule has 1 N–H and O–H groups in total. The number of piperazine rings is 1. The summed E-state index contributed by atoms with van der Waals surface area (Å²) in [5.41, 5.74) is 2.29. The Morgan fingerprint density at radius 2 is 1.42 bits per heavy atom. The maximum absolute atomic E-state index is 12.2. The highest BCUT2D eigenvalue weighted by molar-refractivity contribution is 6.34. The molecule has 1 aromatic carbocycles. The number of hydrogen-bond donors (Lipinski definition) is 1. The topological polar surface area (TPSA) is 52.7 Å². The quantitative estimate of drug-likeness (QED) is 0.665. The second kappa shape index (κ2) is 5.01. The molecule has 1 aromatic rings. The van der Waals surface area contributed by atoms with E-state index in [9.17, 15) is 9.59 Å². The van der Waals surface area contributed by atoms with Crippen molar-refractivity contribution in [3.05, 3.63) is 35.4 Å². The first kappa shape index (κ1) is 12.2. The lowest BCUT2D eigenvalue weighted by Crippen LogP contribution is -2.51. The first-order valence-electron chi connectivity index (χ1n) is 6.61. The summed E-state index contributed by atoms with van der Waals surface area (Å²) < 4.78 is 0. The van der Waals surface area contributed by atoms with Crippen LogP contribution in [0.3, 0.4) is 0 Å². The first-order valence-corrected chi connectivity index (χ1v) is 6.61. The van der Waals surface area contributed by atoms with Gasteiger partial charge in [-0.2, -0.15) is 0 Å². The van der Waals surface area contributed by atoms with Gasteiger partial charge in [-0.05, 0) is 11.1 Å². The Balaban J connectivity index is 1.67. The third kappa shape index (κ3) is 2.33. The van der Waals surface area contributed by atoms with Crippen LogP contribution in [0.15, 0.2) is 24.3 Å². The van der Waals surface area contributed by atoms with E-state index in [1.54, 1.807) is 9.80 Å². The van der Waals surface area contributed by atoms with Crippen LogP contribution >= 0.6 is 0 Å². The largest absolute Gasteiger partial charge is 0.332 e. The van der Waals surface area contributed by atoms with Crippen molar-refractivity contribution in [2.75, 3.05) is 26.2 Å². The van der Waals surface area contributed by atoms with E-state index in [0.717, 1.165) is 24.2 Å². The van der Waals surface area contributed by atoms with Gasteiger partial charge >= 0.3 is 11.8 Å². The summed E-state index contributed by atoms with van der Waals surface area (Å²) in [6.45, 7) is 3.86. The standard InChI is InChI=1S/C14H17N3O2/c18-13(16-7-5-15-6-8-16)14(19)17-9-11-3-1-2-4-12(11)10-17/h1-4,15H,5-10H2. The van der Waals surface area contributed by atoms with Gasteiger partial charge in [-0.25, -0.2) is 0 Å². The van der Waals surface area contributed by atoms with Crippen LogP contribution in [-0.2, 0) is 22.7 Å². The van der Waals surface area contributed by atoms with E-state index in [1.165, 1.54) is 0 Å². The summed E-state index contributed by atoms with van der Waals surface area (Å²) in [5.74, 6) is -0.743. The second-order valence-electron chi connectivity index (χ2n) is 4.97. The third-order valence-electron chi connectivity index (χ3n) is 3.72. The van der Waals surface area contributed by atoms with Gasteiger partial charge in [0.1, 0.15) is 0 Å². The van der Waals surface area contributed by atoms with Gasteiger partial charge in [0.15, 0.2) is 0 Å². The zero-order chi connectivity index (χ0) is 13.2. The monoisotopic (exact) mass is 259 g/mol. The Labute approximate surface area is 112 Å². The van der Waals surface area contributed by atoms with Crippen LogP contribution < -0.4 is 5.32 Å². The van der Waals surface area contributed by atoms with Crippen LogP contribution in [0, 0.1) is 0 Å². The van der Waals surface area contributed by atoms with Gasteiger partial charge in [0.2, 0.25) is 0 Å². The maximum Gasteiger partial charge on any atom is 0.312 e. The van der Waals surface area contributed by atoms with Crippen molar-refractivity contribution in [1.82, 2.24) is 15.1 Å². The molecule has 0 spiro atoms. The van der Waals surface area contributed by atoms with E-state index in [0.29, 0.717) is 26.2 Å². The van der Waals surface area contributed by atoms with Crippen molar-refractivity contribution in [2.24, 2.45) is 0 Å². The minimum absolute atomic E-state index is 0.366. The predicted molar refractivity (Wildman–Crippen MR) is 70.1 cm³/mol. The molecule has 0 unspecified atom stereocenters. The molecule has 0 bridgehead atoms. The van der Waals surface area contributed by atoms with Gasteiger partial charge in [-0.3, -0.25) is 9.59 Å². The van der Waals surface area contributed by atoms with Gasteiger partial charge in [0, 0.05) is 39.3 Å². The fraction of sp³-hybridized carbons (Fsp3) is 0.429. The summed E-state index contributed by atoms with van der Waals surface area (Å²) in [7, 11) is 0. The molecule has 0 atom stereocenters. The van der Waals surface area contributed by atoms with Crippen molar-refractivity contribution in [3.8, 4) is 0 Å². The zero-order valence-corrected chi connectivity index (χ0v) is 10.8. The normalized spacial score (nSPS) is 18.3. The summed E-state index contributed by atoms with van der Waals surface area (Å²) >= 11 is 0. The average Bonchev–Trinajstić information content (AvgIpc) is 2.90. The number of rotatable bonds is 0. The number of hydrogen-bond acceptors (Lipinski definition) is 3. The first-order chi connectivity index (χ1) is 9.25. The fourth-order valence-electron chi connectivity index (χ4n) is 2.62. The van der Waals surface area contributed by atoms with E-state index in [1.807, 2.05) is 24.3 Å². The molecule has 5 heteroatoms. The van der Waals surface area contributed by atoms with E-state index in [2.05, 4.69) is 5.32 Å². The zero-order valence-electron chi connectivity index (χ0n) is 10.8. The Bertz CT molecular complexity index is 484. The van der Waals surface area contributed by atoms with Crippen LogP contribution in [0.25, 0.3) is 0 Å². The van der Waals surface area contributed by atoms with Gasteiger partial charge in [-0.1, -0.05) is 24.3 Å². The Hall–Kier alpha value is -1.88. The van der Waals surface area contributed by atoms with E-state index >= 15 is 0 Å². The number of nitrogens with zero attached hydrogens (tertiary/aromatic N) is 2. The number of fused-ring (bicyclic) bond motifs is 1. The molecule has 0 radical (unpaired) electrons. The van der Waals surface area contributed by atoms with Gasteiger partial charge in [-0.15, -0.1) is 0 Å². The minimum Gasteiger partial charge on any atom is -0.332 e. The van der Waals surface area contributed by atoms with Gasteiger partial charge < -0.3 is 15.1 Å². The number of carbonyl (C=O) groups is 2. The Morgan fingerprint density at radius 1 is 0.895 bits per heavy atom. The lowest BCUT2D eigenvalue weighted by Gasteiger charge is -2.28. The summed E-state index contributed by atoms with van der Waals surface area (Å²) in [6, 6.07) is 7.95. The smallest absolute Gasteiger partial charge is 0.312 e. The van der Waals surface area contributed by atoms with Gasteiger partial charge in [0.25, 0.3) is 0 Å². The molecule has 0 saturated carbocycles. The summed E-state index contributed by atoms with van der Waals surface area (Å²) in [6.07, 6.45) is 0. The van der Waals surface area contributed by atoms with Crippen LogP contribution in [0.1, 0.15) is 11.1 Å². The van der Waals surface area contributed by atoms with Crippen LogP contribution in [-0.4, -0.2) is 47.8 Å². The molecule has 100 valence electrons. The van der Waals surface area contributed by atoms with Crippen molar-refractivity contribution >= 4 is 11.8 Å². The Kier molecular flexibility index (Phi) is 3.21. The van der Waals surface area contributed by atoms with Crippen molar-refractivity contribution < 1.29 is 9.59 Å². The van der Waals surface area contributed by atoms with Crippen LogP contribution in [0.2, 0.25) is 0 Å². The molecular weight excluding hydrogens is 242 g/mol. The maximum atomic E-state index is 12.2. The third-order valence-corrected chi connectivity index (χ3v) is 3.72. The second-order valence-corrected chi connectivity index (χ2v) is 4.97. The lowest BCUT2D eigenvalue weighted by atomic mass is 10.1. The highest BCUT2D eigenvalue weighted by Crippen LogP contribution is 2.22. The number of benzene rings is 1. The average molecular weight is 259 g/mol. The van der Waals surface area contributed by atoms with E-state index in [-0.39, 0.29) is 11.8 Å². The molecule has 0 aromatic heterocycles. The molecule has 1 saturated heterocycles. The summed E-state index contributed by atoms with van der Waals surface area (Å²) in [4.78, 5) is 27.6. The highest BCUT2D eigenvalue weighted by Gasteiger charge is 2.31. The molecule has 0 aliphatic carbocycles. The van der Waals surface area contributed by atoms with E-state index < -0.39 is 0 Å². The molecule has 3 rings (SSSR count). The molecule has 2 aliphatic rings. The molecule has 2 heterocycles. The lowest BCUT2D eigenvalue weighted by molar-refractivity contribution is -0.152. The van der Waals surface area contributed by atoms with E-state index in [4.69, 9.17) is 0 Å². The number of nitrogens with one attached hydrogen (secondary N) is 1. The van der Waals surface area contributed by atoms with Crippen LogP contribution in [0.5, 0.6) is 0 Å². The molecular formula is C14H17N3O2. The van der Waals surface area contributed by atoms with Crippen LogP contribution in [0.4, 0.5) is 0 Å². The molecule has 2 aliphatic heterocycles. The van der Waals surface area contributed by atoms with Gasteiger partial charge in [0.05, 0.1) is 0 Å². The van der Waals surface area contributed by atoms with Crippen molar-refractivity contribution in [3.63, 3.8) is 0 Å². The molecule has 2 amide bonds. The number of carbonyl (C=O) groups excluding carboxylic acids is 2.